The Morgan fingerprint density at radius 1 is 1.15 bits per heavy atom. The topological polar surface area (TPSA) is 65.9 Å². The number of hydrogen-bond donors (Lipinski definition) is 1. The predicted molar refractivity (Wildman–Crippen MR) is 102 cm³/mol. The lowest BCUT2D eigenvalue weighted by atomic mass is 10.0. The van der Waals surface area contributed by atoms with Gasteiger partial charge in [-0.05, 0) is 37.6 Å². The van der Waals surface area contributed by atoms with Crippen molar-refractivity contribution in [2.45, 2.75) is 20.3 Å². The number of aromatic amines is 1. The summed E-state index contributed by atoms with van der Waals surface area (Å²) in [6.07, 6.45) is 0.616. The molecule has 1 N–H and O–H groups in total. The lowest BCUT2D eigenvalue weighted by Gasteiger charge is -2.16. The van der Waals surface area contributed by atoms with E-state index < -0.39 is 0 Å². The highest BCUT2D eigenvalue weighted by Gasteiger charge is 2.16. The zero-order valence-electron chi connectivity index (χ0n) is 14.5. The lowest BCUT2D eigenvalue weighted by Crippen LogP contribution is -2.15. The van der Waals surface area contributed by atoms with E-state index in [1.165, 1.54) is 0 Å². The molecule has 0 aliphatic rings. The molecular formula is C21H17ClN2O2. The molecule has 0 atom stereocenters. The van der Waals surface area contributed by atoms with Crippen molar-refractivity contribution in [2.75, 3.05) is 0 Å². The number of hydrogen-bond acceptors (Lipinski definition) is 3. The van der Waals surface area contributed by atoms with Crippen molar-refractivity contribution in [1.29, 1.82) is 5.26 Å². The van der Waals surface area contributed by atoms with Gasteiger partial charge in [-0.3, -0.25) is 4.79 Å². The van der Waals surface area contributed by atoms with Crippen molar-refractivity contribution in [3.63, 3.8) is 0 Å². The number of rotatable bonds is 4. The first-order valence-electron chi connectivity index (χ1n) is 8.12. The van der Waals surface area contributed by atoms with Crippen molar-refractivity contribution in [3.8, 4) is 17.6 Å². The maximum atomic E-state index is 12.2. The van der Waals surface area contributed by atoms with Crippen LogP contribution in [0.25, 0.3) is 0 Å². The second-order valence-corrected chi connectivity index (χ2v) is 6.50. The van der Waals surface area contributed by atoms with Gasteiger partial charge in [-0.2, -0.15) is 5.26 Å². The minimum absolute atomic E-state index is 0.197. The van der Waals surface area contributed by atoms with Crippen LogP contribution in [-0.2, 0) is 6.42 Å². The van der Waals surface area contributed by atoms with E-state index in [4.69, 9.17) is 21.6 Å². The monoisotopic (exact) mass is 364 g/mol. The highest BCUT2D eigenvalue weighted by molar-refractivity contribution is 6.30. The molecule has 0 radical (unpaired) electrons. The van der Waals surface area contributed by atoms with Gasteiger partial charge in [0.05, 0.1) is 17.2 Å². The molecule has 1 aromatic heterocycles. The van der Waals surface area contributed by atoms with Crippen molar-refractivity contribution in [2.24, 2.45) is 0 Å². The van der Waals surface area contributed by atoms with Crippen LogP contribution in [0.1, 0.15) is 27.9 Å². The summed E-state index contributed by atoms with van der Waals surface area (Å²) < 4.78 is 6.04. The summed E-state index contributed by atoms with van der Waals surface area (Å²) in [5.74, 6) is 0.928. The van der Waals surface area contributed by atoms with Crippen LogP contribution in [0.15, 0.2) is 53.3 Å². The second-order valence-electron chi connectivity index (χ2n) is 6.06. The van der Waals surface area contributed by atoms with Gasteiger partial charge in [0.2, 0.25) is 0 Å². The molecule has 26 heavy (non-hydrogen) atoms. The number of nitrogens with zero attached hydrogens (tertiary/aromatic N) is 1. The molecule has 0 amide bonds. The SMILES string of the molecule is Cc1[nH]c(=O)c(C)c(Oc2cc(Cl)cc(C#N)c2)c1Cc1ccccc1. The van der Waals surface area contributed by atoms with Gasteiger partial charge >= 0.3 is 0 Å². The molecule has 4 nitrogen and oxygen atoms in total. The minimum atomic E-state index is -0.197. The molecule has 0 spiro atoms. The third-order valence-electron chi connectivity index (χ3n) is 4.15. The third kappa shape index (κ3) is 3.79. The average molecular weight is 365 g/mol. The number of halogens is 1. The quantitative estimate of drug-likeness (QED) is 0.716. The van der Waals surface area contributed by atoms with Gasteiger partial charge in [-0.15, -0.1) is 0 Å². The summed E-state index contributed by atoms with van der Waals surface area (Å²) >= 11 is 6.07. The first-order chi connectivity index (χ1) is 12.5. The fourth-order valence-corrected chi connectivity index (χ4v) is 3.02. The van der Waals surface area contributed by atoms with E-state index in [0.717, 1.165) is 16.8 Å². The number of nitrogens with one attached hydrogen (secondary N) is 1. The molecule has 0 unspecified atom stereocenters. The molecule has 0 saturated heterocycles. The molecule has 0 bridgehead atoms. The minimum Gasteiger partial charge on any atom is -0.456 e. The molecule has 1 heterocycles. The summed E-state index contributed by atoms with van der Waals surface area (Å²) in [7, 11) is 0. The number of H-pyrrole nitrogens is 1. The number of aromatic nitrogens is 1. The first kappa shape index (κ1) is 17.8. The highest BCUT2D eigenvalue weighted by Crippen LogP contribution is 2.32. The number of pyridine rings is 1. The van der Waals surface area contributed by atoms with Crippen LogP contribution in [-0.4, -0.2) is 4.98 Å². The van der Waals surface area contributed by atoms with Gasteiger partial charge in [0.25, 0.3) is 5.56 Å². The summed E-state index contributed by atoms with van der Waals surface area (Å²) in [6, 6.07) is 16.8. The number of benzene rings is 2. The first-order valence-corrected chi connectivity index (χ1v) is 8.50. The molecule has 0 aliphatic heterocycles. The molecule has 0 fully saturated rings. The molecule has 0 saturated carbocycles. The number of nitriles is 1. The van der Waals surface area contributed by atoms with E-state index in [-0.39, 0.29) is 5.56 Å². The maximum absolute atomic E-state index is 12.2. The van der Waals surface area contributed by atoms with E-state index in [0.29, 0.717) is 34.1 Å². The summed E-state index contributed by atoms with van der Waals surface area (Å²) in [5, 5.41) is 9.53. The Hall–Kier alpha value is -3.03. The fraction of sp³-hybridized carbons (Fsp3) is 0.143. The molecule has 5 heteroatoms. The Balaban J connectivity index is 2.09. The molecule has 0 aliphatic carbocycles. The van der Waals surface area contributed by atoms with E-state index in [2.05, 4.69) is 11.1 Å². The van der Waals surface area contributed by atoms with Crippen LogP contribution in [0, 0.1) is 25.2 Å². The average Bonchev–Trinajstić information content (AvgIpc) is 2.63. The van der Waals surface area contributed by atoms with E-state index in [1.54, 1.807) is 25.1 Å². The van der Waals surface area contributed by atoms with Gasteiger partial charge in [-0.1, -0.05) is 41.9 Å². The van der Waals surface area contributed by atoms with Crippen LogP contribution in [0.4, 0.5) is 0 Å². The molecule has 3 rings (SSSR count). The van der Waals surface area contributed by atoms with Gasteiger partial charge in [0.1, 0.15) is 11.5 Å². The number of ether oxygens (including phenoxy) is 1. The van der Waals surface area contributed by atoms with Gasteiger partial charge < -0.3 is 9.72 Å². The zero-order valence-corrected chi connectivity index (χ0v) is 15.2. The molecule has 2 aromatic carbocycles. The van der Waals surface area contributed by atoms with E-state index >= 15 is 0 Å². The molecule has 130 valence electrons. The Morgan fingerprint density at radius 3 is 2.58 bits per heavy atom. The normalized spacial score (nSPS) is 10.4. The fourth-order valence-electron chi connectivity index (χ4n) is 2.79. The van der Waals surface area contributed by atoms with Gasteiger partial charge in [0.15, 0.2) is 0 Å². The maximum Gasteiger partial charge on any atom is 0.254 e. The Morgan fingerprint density at radius 2 is 1.88 bits per heavy atom. The summed E-state index contributed by atoms with van der Waals surface area (Å²) in [6.45, 7) is 3.57. The second kappa shape index (κ2) is 7.47. The van der Waals surface area contributed by atoms with Crippen LogP contribution in [0.3, 0.4) is 0 Å². The zero-order chi connectivity index (χ0) is 18.7. The Kier molecular flexibility index (Phi) is 5.11. The molecule has 3 aromatic rings. The van der Waals surface area contributed by atoms with Crippen LogP contribution < -0.4 is 10.3 Å². The Labute approximate surface area is 156 Å². The standard InChI is InChI=1S/C21H17ClN2O2/c1-13-20(26-18-9-16(12-23)8-17(22)11-18)19(14(2)24-21(13)25)10-15-6-4-3-5-7-15/h3-9,11H,10H2,1-2H3,(H,24,25). The van der Waals surface area contributed by atoms with Crippen molar-refractivity contribution >= 4 is 11.6 Å². The van der Waals surface area contributed by atoms with Crippen LogP contribution >= 0.6 is 11.6 Å². The van der Waals surface area contributed by atoms with Crippen LogP contribution in [0.2, 0.25) is 5.02 Å². The van der Waals surface area contributed by atoms with E-state index in [9.17, 15) is 4.79 Å². The predicted octanol–water partition coefficient (Wildman–Crippen LogP) is 4.90. The Bertz CT molecular complexity index is 1050. The van der Waals surface area contributed by atoms with Gasteiger partial charge in [-0.25, -0.2) is 0 Å². The van der Waals surface area contributed by atoms with Crippen molar-refractivity contribution < 1.29 is 4.74 Å². The summed E-state index contributed by atoms with van der Waals surface area (Å²) in [5.41, 5.74) is 3.44. The van der Waals surface area contributed by atoms with Crippen LogP contribution in [0.5, 0.6) is 11.5 Å². The molecular weight excluding hydrogens is 348 g/mol. The largest absolute Gasteiger partial charge is 0.456 e. The smallest absolute Gasteiger partial charge is 0.254 e. The van der Waals surface area contributed by atoms with Crippen molar-refractivity contribution in [1.82, 2.24) is 4.98 Å². The third-order valence-corrected chi connectivity index (χ3v) is 4.37. The summed E-state index contributed by atoms with van der Waals surface area (Å²) in [4.78, 5) is 15.1. The van der Waals surface area contributed by atoms with Gasteiger partial charge in [0, 0.05) is 22.7 Å². The van der Waals surface area contributed by atoms with E-state index in [1.807, 2.05) is 37.3 Å². The highest BCUT2D eigenvalue weighted by atomic mass is 35.5. The lowest BCUT2D eigenvalue weighted by molar-refractivity contribution is 0.470. The van der Waals surface area contributed by atoms with Crippen molar-refractivity contribution in [3.05, 3.63) is 91.9 Å². The number of aryl methyl sites for hydroxylation is 1.